The van der Waals surface area contributed by atoms with Crippen molar-refractivity contribution in [2.24, 2.45) is 5.92 Å². The third-order valence-electron chi connectivity index (χ3n) is 5.49. The molecule has 2 atom stereocenters. The largest absolute Gasteiger partial charge is 0.464 e. The van der Waals surface area contributed by atoms with Crippen LogP contribution in [0, 0.1) is 5.92 Å². The Kier molecular flexibility index (Phi) is 4.21. The van der Waals surface area contributed by atoms with Gasteiger partial charge >= 0.3 is 0 Å². The van der Waals surface area contributed by atoms with E-state index in [9.17, 15) is 4.79 Å². The number of furan rings is 1. The third kappa shape index (κ3) is 3.61. The van der Waals surface area contributed by atoms with Gasteiger partial charge in [0.1, 0.15) is 22.6 Å². The zero-order valence-electron chi connectivity index (χ0n) is 15.2. The molecule has 2 aliphatic rings. The van der Waals surface area contributed by atoms with Crippen LogP contribution in [0.4, 0.5) is 5.69 Å². The summed E-state index contributed by atoms with van der Waals surface area (Å²) in [5, 5.41) is 3.00. The Morgan fingerprint density at radius 2 is 2.15 bits per heavy atom. The molecule has 3 aromatic rings. The maximum absolute atomic E-state index is 12.6. The first-order valence-electron chi connectivity index (χ1n) is 9.51. The first kappa shape index (κ1) is 16.9. The highest BCUT2D eigenvalue weighted by molar-refractivity contribution is 7.00. The van der Waals surface area contributed by atoms with E-state index < -0.39 is 0 Å². The summed E-state index contributed by atoms with van der Waals surface area (Å²) < 4.78 is 14.6. The van der Waals surface area contributed by atoms with Gasteiger partial charge in [-0.15, -0.1) is 0 Å². The zero-order valence-corrected chi connectivity index (χ0v) is 16.0. The quantitative estimate of drug-likeness (QED) is 0.668. The summed E-state index contributed by atoms with van der Waals surface area (Å²) in [4.78, 5) is 14.9. The SMILES string of the molecule is CC1CC1c1ccc(CN(CC(=O)Nc2cccc3nsnc23)C2CC2)o1. The summed E-state index contributed by atoms with van der Waals surface area (Å²) in [5.41, 5.74) is 2.29. The molecule has 0 bridgehead atoms. The van der Waals surface area contributed by atoms with Gasteiger partial charge in [0.15, 0.2) is 0 Å². The van der Waals surface area contributed by atoms with Crippen LogP contribution in [0.5, 0.6) is 0 Å². The number of aromatic nitrogens is 2. The Labute approximate surface area is 161 Å². The van der Waals surface area contributed by atoms with Gasteiger partial charge in [-0.25, -0.2) is 0 Å². The van der Waals surface area contributed by atoms with Crippen molar-refractivity contribution in [2.45, 2.75) is 44.7 Å². The molecule has 0 radical (unpaired) electrons. The highest BCUT2D eigenvalue weighted by Crippen LogP contribution is 2.47. The van der Waals surface area contributed by atoms with Gasteiger partial charge in [-0.1, -0.05) is 13.0 Å². The minimum absolute atomic E-state index is 0.0232. The molecule has 0 spiro atoms. The maximum Gasteiger partial charge on any atom is 0.238 e. The number of carbonyl (C=O) groups is 1. The van der Waals surface area contributed by atoms with Crippen LogP contribution >= 0.6 is 11.7 Å². The highest BCUT2D eigenvalue weighted by Gasteiger charge is 2.37. The second kappa shape index (κ2) is 6.73. The number of benzene rings is 1. The van der Waals surface area contributed by atoms with Crippen LogP contribution in [0.3, 0.4) is 0 Å². The number of fused-ring (bicyclic) bond motifs is 1. The highest BCUT2D eigenvalue weighted by atomic mass is 32.1. The molecule has 6 nitrogen and oxygen atoms in total. The topological polar surface area (TPSA) is 71.3 Å². The van der Waals surface area contributed by atoms with E-state index in [2.05, 4.69) is 38.0 Å². The Balaban J connectivity index is 1.25. The molecular weight excluding hydrogens is 360 g/mol. The van der Waals surface area contributed by atoms with E-state index in [0.29, 0.717) is 25.0 Å². The fourth-order valence-corrected chi connectivity index (χ4v) is 4.18. The predicted molar refractivity (Wildman–Crippen MR) is 105 cm³/mol. The molecule has 0 saturated heterocycles. The summed E-state index contributed by atoms with van der Waals surface area (Å²) in [6.07, 6.45) is 3.51. The molecule has 2 aromatic heterocycles. The average Bonchev–Trinajstić information content (AvgIpc) is 3.52. The Morgan fingerprint density at radius 3 is 2.93 bits per heavy atom. The molecule has 2 aliphatic carbocycles. The van der Waals surface area contributed by atoms with Crippen molar-refractivity contribution in [2.75, 3.05) is 11.9 Å². The molecular formula is C20H22N4O2S. The summed E-state index contributed by atoms with van der Waals surface area (Å²) in [6, 6.07) is 10.3. The second-order valence-electron chi connectivity index (χ2n) is 7.75. The molecule has 1 N–H and O–H groups in total. The van der Waals surface area contributed by atoms with Crippen molar-refractivity contribution in [3.8, 4) is 0 Å². The van der Waals surface area contributed by atoms with Gasteiger partial charge in [0.25, 0.3) is 0 Å². The average molecular weight is 382 g/mol. The standard InChI is InChI=1S/C20H22N4O2S/c1-12-9-15(12)18-8-7-14(26-18)10-24(13-5-6-13)11-19(25)21-16-3-2-4-17-20(16)23-27-22-17/h2-4,7-8,12-13,15H,5-6,9-11H2,1H3,(H,21,25). The Morgan fingerprint density at radius 1 is 1.30 bits per heavy atom. The van der Waals surface area contributed by atoms with Gasteiger partial charge in [-0.2, -0.15) is 8.75 Å². The van der Waals surface area contributed by atoms with Crippen LogP contribution < -0.4 is 5.32 Å². The smallest absolute Gasteiger partial charge is 0.238 e. The molecule has 1 amide bonds. The lowest BCUT2D eigenvalue weighted by molar-refractivity contribution is -0.117. The number of hydrogen-bond donors (Lipinski definition) is 1. The first-order chi connectivity index (χ1) is 13.2. The molecule has 2 heterocycles. The van der Waals surface area contributed by atoms with E-state index in [0.717, 1.165) is 58.7 Å². The van der Waals surface area contributed by atoms with Crippen molar-refractivity contribution in [3.63, 3.8) is 0 Å². The van der Waals surface area contributed by atoms with Crippen LogP contribution in [0.15, 0.2) is 34.7 Å². The number of nitrogens with one attached hydrogen (secondary N) is 1. The maximum atomic E-state index is 12.6. The molecule has 2 fully saturated rings. The van der Waals surface area contributed by atoms with Gasteiger partial charge < -0.3 is 9.73 Å². The van der Waals surface area contributed by atoms with Gasteiger partial charge in [0.2, 0.25) is 5.91 Å². The lowest BCUT2D eigenvalue weighted by Gasteiger charge is -2.20. The van der Waals surface area contributed by atoms with Gasteiger partial charge in [-0.05, 0) is 49.4 Å². The monoisotopic (exact) mass is 382 g/mol. The van der Waals surface area contributed by atoms with Crippen molar-refractivity contribution >= 4 is 34.4 Å². The minimum Gasteiger partial charge on any atom is -0.464 e. The van der Waals surface area contributed by atoms with E-state index in [1.807, 2.05) is 18.2 Å². The Hall–Kier alpha value is -2.25. The minimum atomic E-state index is -0.0232. The van der Waals surface area contributed by atoms with E-state index in [-0.39, 0.29) is 5.91 Å². The fraction of sp³-hybridized carbons (Fsp3) is 0.450. The van der Waals surface area contributed by atoms with Crippen LogP contribution in [0.25, 0.3) is 11.0 Å². The van der Waals surface area contributed by atoms with Gasteiger partial charge in [-0.3, -0.25) is 9.69 Å². The summed E-state index contributed by atoms with van der Waals surface area (Å²) in [5.74, 6) is 3.35. The predicted octanol–water partition coefficient (Wildman–Crippen LogP) is 4.01. The van der Waals surface area contributed by atoms with E-state index >= 15 is 0 Å². The summed E-state index contributed by atoms with van der Waals surface area (Å²) in [6.45, 7) is 3.29. The molecule has 7 heteroatoms. The number of hydrogen-bond acceptors (Lipinski definition) is 6. The fourth-order valence-electron chi connectivity index (χ4n) is 3.63. The van der Waals surface area contributed by atoms with Crippen molar-refractivity contribution in [3.05, 3.63) is 41.9 Å². The lowest BCUT2D eigenvalue weighted by Crippen LogP contribution is -2.34. The van der Waals surface area contributed by atoms with Gasteiger partial charge in [0.05, 0.1) is 30.5 Å². The summed E-state index contributed by atoms with van der Waals surface area (Å²) in [7, 11) is 0. The molecule has 2 unspecified atom stereocenters. The lowest BCUT2D eigenvalue weighted by atomic mass is 10.2. The van der Waals surface area contributed by atoms with E-state index in [4.69, 9.17) is 4.42 Å². The number of rotatable bonds is 7. The number of amides is 1. The molecule has 140 valence electrons. The molecule has 0 aliphatic heterocycles. The first-order valence-corrected chi connectivity index (χ1v) is 10.2. The van der Waals surface area contributed by atoms with Crippen molar-refractivity contribution in [1.29, 1.82) is 0 Å². The normalized spacial score (nSPS) is 21.7. The van der Waals surface area contributed by atoms with Crippen LogP contribution in [0.2, 0.25) is 0 Å². The molecule has 5 rings (SSSR count). The molecule has 2 saturated carbocycles. The van der Waals surface area contributed by atoms with Crippen LogP contribution in [-0.2, 0) is 11.3 Å². The molecule has 1 aromatic carbocycles. The van der Waals surface area contributed by atoms with E-state index in [1.54, 1.807) is 0 Å². The van der Waals surface area contributed by atoms with Crippen LogP contribution in [-0.4, -0.2) is 32.1 Å². The number of carbonyl (C=O) groups excluding carboxylic acids is 1. The Bertz CT molecular complexity index is 977. The van der Waals surface area contributed by atoms with Crippen molar-refractivity contribution in [1.82, 2.24) is 13.6 Å². The van der Waals surface area contributed by atoms with Crippen molar-refractivity contribution < 1.29 is 9.21 Å². The van der Waals surface area contributed by atoms with Crippen LogP contribution in [0.1, 0.15) is 43.6 Å². The number of nitrogens with zero attached hydrogens (tertiary/aromatic N) is 3. The molecule has 27 heavy (non-hydrogen) atoms. The summed E-state index contributed by atoms with van der Waals surface area (Å²) >= 11 is 1.16. The number of anilines is 1. The van der Waals surface area contributed by atoms with Gasteiger partial charge in [0, 0.05) is 12.0 Å². The zero-order chi connectivity index (χ0) is 18.4. The van der Waals surface area contributed by atoms with E-state index in [1.165, 1.54) is 6.42 Å². The third-order valence-corrected chi connectivity index (χ3v) is 6.03. The second-order valence-corrected chi connectivity index (χ2v) is 8.27.